The molecule has 0 saturated heterocycles. The summed E-state index contributed by atoms with van der Waals surface area (Å²) in [6.07, 6.45) is 0.967. The van der Waals surface area contributed by atoms with Gasteiger partial charge < -0.3 is 5.73 Å². The molecule has 0 radical (unpaired) electrons. The van der Waals surface area contributed by atoms with Gasteiger partial charge in [-0.1, -0.05) is 58.4 Å². The van der Waals surface area contributed by atoms with Gasteiger partial charge in [0, 0.05) is 17.1 Å². The van der Waals surface area contributed by atoms with Crippen LogP contribution >= 0.6 is 15.9 Å². The molecule has 0 amide bonds. The Morgan fingerprint density at radius 2 is 1.85 bits per heavy atom. The van der Waals surface area contributed by atoms with Crippen LogP contribution in [0.3, 0.4) is 0 Å². The van der Waals surface area contributed by atoms with Gasteiger partial charge >= 0.3 is 0 Å². The van der Waals surface area contributed by atoms with Gasteiger partial charge in [-0.05, 0) is 43.3 Å². The lowest BCUT2D eigenvalue weighted by molar-refractivity contribution is 0.227. The van der Waals surface area contributed by atoms with Gasteiger partial charge in [0.25, 0.3) is 0 Å². The zero-order valence-corrected chi connectivity index (χ0v) is 13.4. The van der Waals surface area contributed by atoms with Crippen molar-refractivity contribution >= 4 is 15.9 Å². The molecule has 0 aromatic heterocycles. The highest BCUT2D eigenvalue weighted by Gasteiger charge is 2.16. The molecule has 0 bridgehead atoms. The Kier molecular flexibility index (Phi) is 5.77. The molecule has 1 atom stereocenters. The topological polar surface area (TPSA) is 29.3 Å². The lowest BCUT2D eigenvalue weighted by Gasteiger charge is -2.28. The number of hydrogen-bond donors (Lipinski definition) is 1. The quantitative estimate of drug-likeness (QED) is 0.867. The standard InChI is InChI=1S/C17H21BrN2/c1-20(13-14-6-5-9-16(18)12-14)17(10-11-19)15-7-3-2-4-8-15/h2-9,12,17H,10-11,13,19H2,1H3. The van der Waals surface area contributed by atoms with Crippen molar-refractivity contribution in [1.82, 2.24) is 4.90 Å². The molecule has 0 aliphatic carbocycles. The Balaban J connectivity index is 2.13. The summed E-state index contributed by atoms with van der Waals surface area (Å²) in [6, 6.07) is 19.4. The van der Waals surface area contributed by atoms with E-state index in [-0.39, 0.29) is 0 Å². The first-order valence-electron chi connectivity index (χ1n) is 6.90. The van der Waals surface area contributed by atoms with Crippen LogP contribution in [0.15, 0.2) is 59.1 Å². The Bertz CT molecular complexity index is 528. The number of benzene rings is 2. The highest BCUT2D eigenvalue weighted by Crippen LogP contribution is 2.24. The molecule has 0 aliphatic rings. The van der Waals surface area contributed by atoms with Gasteiger partial charge in [0.05, 0.1) is 0 Å². The van der Waals surface area contributed by atoms with Crippen LogP contribution in [-0.2, 0) is 6.54 Å². The summed E-state index contributed by atoms with van der Waals surface area (Å²) in [6.45, 7) is 1.61. The number of nitrogens with zero attached hydrogens (tertiary/aromatic N) is 1. The molecule has 106 valence electrons. The van der Waals surface area contributed by atoms with Crippen molar-refractivity contribution in [2.75, 3.05) is 13.6 Å². The molecule has 2 rings (SSSR count). The van der Waals surface area contributed by atoms with Crippen molar-refractivity contribution in [3.63, 3.8) is 0 Å². The van der Waals surface area contributed by atoms with E-state index in [1.54, 1.807) is 0 Å². The molecule has 0 aliphatic heterocycles. The maximum Gasteiger partial charge on any atom is 0.0360 e. The van der Waals surface area contributed by atoms with Gasteiger partial charge in [-0.25, -0.2) is 0 Å². The number of rotatable bonds is 6. The zero-order valence-electron chi connectivity index (χ0n) is 11.8. The minimum atomic E-state index is 0.361. The van der Waals surface area contributed by atoms with E-state index in [9.17, 15) is 0 Å². The van der Waals surface area contributed by atoms with E-state index in [2.05, 4.69) is 82.5 Å². The van der Waals surface area contributed by atoms with E-state index in [0.717, 1.165) is 17.4 Å². The molecule has 0 spiro atoms. The summed E-state index contributed by atoms with van der Waals surface area (Å²) in [5, 5.41) is 0. The maximum atomic E-state index is 5.79. The minimum Gasteiger partial charge on any atom is -0.330 e. The maximum absolute atomic E-state index is 5.79. The summed E-state index contributed by atoms with van der Waals surface area (Å²) in [5.41, 5.74) is 8.42. The summed E-state index contributed by atoms with van der Waals surface area (Å²) in [5.74, 6) is 0. The van der Waals surface area contributed by atoms with Gasteiger partial charge in [-0.3, -0.25) is 4.90 Å². The SMILES string of the molecule is CN(Cc1cccc(Br)c1)C(CCN)c1ccccc1. The lowest BCUT2D eigenvalue weighted by Crippen LogP contribution is -2.26. The molecule has 2 nitrogen and oxygen atoms in total. The average Bonchev–Trinajstić information content (AvgIpc) is 2.45. The van der Waals surface area contributed by atoms with Gasteiger partial charge in [0.2, 0.25) is 0 Å². The van der Waals surface area contributed by atoms with Crippen molar-refractivity contribution in [3.05, 3.63) is 70.2 Å². The summed E-state index contributed by atoms with van der Waals surface area (Å²) >= 11 is 3.53. The largest absolute Gasteiger partial charge is 0.330 e. The third-order valence-electron chi connectivity index (χ3n) is 3.48. The fourth-order valence-electron chi connectivity index (χ4n) is 2.51. The monoisotopic (exact) mass is 332 g/mol. The van der Waals surface area contributed by atoms with E-state index in [1.165, 1.54) is 11.1 Å². The first-order chi connectivity index (χ1) is 9.70. The van der Waals surface area contributed by atoms with Gasteiger partial charge in [0.1, 0.15) is 0 Å². The second-order valence-electron chi connectivity index (χ2n) is 5.05. The molecule has 2 aromatic carbocycles. The van der Waals surface area contributed by atoms with Crippen LogP contribution in [0.2, 0.25) is 0 Å². The first kappa shape index (κ1) is 15.2. The summed E-state index contributed by atoms with van der Waals surface area (Å²) in [4.78, 5) is 2.37. The summed E-state index contributed by atoms with van der Waals surface area (Å²) < 4.78 is 1.12. The fraction of sp³-hybridized carbons (Fsp3) is 0.294. The average molecular weight is 333 g/mol. The van der Waals surface area contributed by atoms with Crippen molar-refractivity contribution < 1.29 is 0 Å². The minimum absolute atomic E-state index is 0.361. The molecule has 3 heteroatoms. The van der Waals surface area contributed by atoms with Crippen molar-refractivity contribution in [1.29, 1.82) is 0 Å². The van der Waals surface area contributed by atoms with Gasteiger partial charge in [-0.2, -0.15) is 0 Å². The van der Waals surface area contributed by atoms with E-state index in [4.69, 9.17) is 5.73 Å². The molecule has 1 unspecified atom stereocenters. The Morgan fingerprint density at radius 3 is 2.50 bits per heavy atom. The predicted octanol–water partition coefficient (Wildman–Crippen LogP) is 3.97. The van der Waals surface area contributed by atoms with Crippen LogP contribution < -0.4 is 5.73 Å². The molecule has 2 N–H and O–H groups in total. The Labute approximate surface area is 129 Å². The molecular formula is C17H21BrN2. The van der Waals surface area contributed by atoms with Crippen molar-refractivity contribution in [3.8, 4) is 0 Å². The predicted molar refractivity (Wildman–Crippen MR) is 88.5 cm³/mol. The van der Waals surface area contributed by atoms with Crippen LogP contribution in [-0.4, -0.2) is 18.5 Å². The number of hydrogen-bond acceptors (Lipinski definition) is 2. The smallest absolute Gasteiger partial charge is 0.0360 e. The Hall–Kier alpha value is -1.16. The Morgan fingerprint density at radius 1 is 1.10 bits per heavy atom. The second-order valence-corrected chi connectivity index (χ2v) is 5.96. The molecule has 2 aromatic rings. The molecule has 20 heavy (non-hydrogen) atoms. The third kappa shape index (κ3) is 4.17. The summed E-state index contributed by atoms with van der Waals surface area (Å²) in [7, 11) is 2.16. The molecule has 0 fully saturated rings. The van der Waals surface area contributed by atoms with Crippen LogP contribution in [0.25, 0.3) is 0 Å². The lowest BCUT2D eigenvalue weighted by atomic mass is 10.0. The van der Waals surface area contributed by atoms with Gasteiger partial charge in [0.15, 0.2) is 0 Å². The van der Waals surface area contributed by atoms with Crippen LogP contribution in [0.5, 0.6) is 0 Å². The van der Waals surface area contributed by atoms with Crippen LogP contribution in [0, 0.1) is 0 Å². The molecule has 0 heterocycles. The highest BCUT2D eigenvalue weighted by atomic mass is 79.9. The number of halogens is 1. The zero-order chi connectivity index (χ0) is 14.4. The van der Waals surface area contributed by atoms with Crippen molar-refractivity contribution in [2.45, 2.75) is 19.0 Å². The van der Waals surface area contributed by atoms with Crippen molar-refractivity contribution in [2.24, 2.45) is 5.73 Å². The third-order valence-corrected chi connectivity index (χ3v) is 3.97. The second kappa shape index (κ2) is 7.58. The molecule has 0 saturated carbocycles. The first-order valence-corrected chi connectivity index (χ1v) is 7.69. The number of nitrogens with two attached hydrogens (primary N) is 1. The van der Waals surface area contributed by atoms with E-state index in [0.29, 0.717) is 12.6 Å². The molecular weight excluding hydrogens is 312 g/mol. The highest BCUT2D eigenvalue weighted by molar-refractivity contribution is 9.10. The normalized spacial score (nSPS) is 12.6. The van der Waals surface area contributed by atoms with Crippen LogP contribution in [0.1, 0.15) is 23.6 Å². The van der Waals surface area contributed by atoms with E-state index < -0.39 is 0 Å². The van der Waals surface area contributed by atoms with E-state index in [1.807, 2.05) is 0 Å². The van der Waals surface area contributed by atoms with Gasteiger partial charge in [-0.15, -0.1) is 0 Å². The fourth-order valence-corrected chi connectivity index (χ4v) is 2.95. The van der Waals surface area contributed by atoms with E-state index >= 15 is 0 Å². The van der Waals surface area contributed by atoms with Crippen LogP contribution in [0.4, 0.5) is 0 Å².